The first-order valence-corrected chi connectivity index (χ1v) is 8.20. The van der Waals surface area contributed by atoms with Gasteiger partial charge in [-0.3, -0.25) is 9.48 Å². The van der Waals surface area contributed by atoms with E-state index in [9.17, 15) is 4.79 Å². The van der Waals surface area contributed by atoms with Crippen molar-refractivity contribution in [3.63, 3.8) is 0 Å². The van der Waals surface area contributed by atoms with E-state index in [0.29, 0.717) is 6.54 Å². The minimum absolute atomic E-state index is 0.151. The SMILES string of the molecule is Cc1cc(C)n([C@@H](CNC(=O)/C=C/c2ccccc2)c2ccco2)n1. The Morgan fingerprint density at radius 1 is 1.24 bits per heavy atom. The van der Waals surface area contributed by atoms with Gasteiger partial charge in [0.1, 0.15) is 11.8 Å². The zero-order valence-electron chi connectivity index (χ0n) is 14.3. The highest BCUT2D eigenvalue weighted by atomic mass is 16.3. The summed E-state index contributed by atoms with van der Waals surface area (Å²) in [5.74, 6) is 0.612. The van der Waals surface area contributed by atoms with Crippen LogP contribution in [-0.4, -0.2) is 22.2 Å². The topological polar surface area (TPSA) is 60.1 Å². The van der Waals surface area contributed by atoms with Crippen LogP contribution in [0.3, 0.4) is 0 Å². The predicted octanol–water partition coefficient (Wildman–Crippen LogP) is 3.51. The number of furan rings is 1. The molecule has 3 aromatic rings. The lowest BCUT2D eigenvalue weighted by Crippen LogP contribution is -2.31. The number of carbonyl (C=O) groups is 1. The van der Waals surface area contributed by atoms with Gasteiger partial charge in [-0.05, 0) is 43.7 Å². The maximum absolute atomic E-state index is 12.2. The van der Waals surface area contributed by atoms with Crippen LogP contribution in [0.1, 0.15) is 28.8 Å². The van der Waals surface area contributed by atoms with E-state index in [-0.39, 0.29) is 11.9 Å². The summed E-state index contributed by atoms with van der Waals surface area (Å²) in [6.07, 6.45) is 4.96. The number of amides is 1. The molecule has 5 heteroatoms. The molecule has 0 saturated carbocycles. The van der Waals surface area contributed by atoms with Crippen LogP contribution >= 0.6 is 0 Å². The van der Waals surface area contributed by atoms with Crippen LogP contribution in [0.2, 0.25) is 0 Å². The summed E-state index contributed by atoms with van der Waals surface area (Å²) in [6.45, 7) is 4.34. The van der Waals surface area contributed by atoms with Gasteiger partial charge in [0.2, 0.25) is 5.91 Å². The van der Waals surface area contributed by atoms with Crippen molar-refractivity contribution in [2.24, 2.45) is 0 Å². The summed E-state index contributed by atoms with van der Waals surface area (Å²) < 4.78 is 7.43. The van der Waals surface area contributed by atoms with Crippen molar-refractivity contribution in [3.8, 4) is 0 Å². The third-order valence-electron chi connectivity index (χ3n) is 3.91. The molecule has 0 spiro atoms. The van der Waals surface area contributed by atoms with E-state index in [1.165, 1.54) is 6.08 Å². The van der Waals surface area contributed by atoms with Crippen molar-refractivity contribution < 1.29 is 9.21 Å². The maximum Gasteiger partial charge on any atom is 0.244 e. The van der Waals surface area contributed by atoms with E-state index in [4.69, 9.17) is 4.42 Å². The number of hydrogen-bond acceptors (Lipinski definition) is 3. The average molecular weight is 335 g/mol. The van der Waals surface area contributed by atoms with Crippen molar-refractivity contribution in [2.75, 3.05) is 6.54 Å². The molecule has 0 radical (unpaired) electrons. The van der Waals surface area contributed by atoms with Crippen LogP contribution in [0.5, 0.6) is 0 Å². The molecule has 0 aliphatic heterocycles. The Hall–Kier alpha value is -3.08. The number of nitrogens with zero attached hydrogens (tertiary/aromatic N) is 2. The Balaban J connectivity index is 1.70. The van der Waals surface area contributed by atoms with E-state index in [1.807, 2.05) is 67.1 Å². The van der Waals surface area contributed by atoms with Gasteiger partial charge in [-0.2, -0.15) is 5.10 Å². The second-order valence-electron chi connectivity index (χ2n) is 5.89. The lowest BCUT2D eigenvalue weighted by Gasteiger charge is -2.17. The van der Waals surface area contributed by atoms with E-state index in [1.54, 1.807) is 12.3 Å². The summed E-state index contributed by atoms with van der Waals surface area (Å²) in [6, 6.07) is 15.3. The Labute approximate surface area is 147 Å². The Morgan fingerprint density at radius 2 is 2.04 bits per heavy atom. The number of aryl methyl sites for hydroxylation is 2. The van der Waals surface area contributed by atoms with Crippen molar-refractivity contribution >= 4 is 12.0 Å². The fraction of sp³-hybridized carbons (Fsp3) is 0.200. The predicted molar refractivity (Wildman–Crippen MR) is 97.0 cm³/mol. The lowest BCUT2D eigenvalue weighted by molar-refractivity contribution is -0.116. The Morgan fingerprint density at radius 3 is 2.68 bits per heavy atom. The number of rotatable bonds is 6. The second kappa shape index (κ2) is 7.66. The van der Waals surface area contributed by atoms with E-state index in [0.717, 1.165) is 22.7 Å². The largest absolute Gasteiger partial charge is 0.467 e. The van der Waals surface area contributed by atoms with Gasteiger partial charge >= 0.3 is 0 Å². The summed E-state index contributed by atoms with van der Waals surface area (Å²) in [4.78, 5) is 12.2. The van der Waals surface area contributed by atoms with Crippen LogP contribution in [-0.2, 0) is 4.79 Å². The third kappa shape index (κ3) is 4.26. The standard InChI is InChI=1S/C20H21N3O2/c1-15-13-16(2)23(22-15)18(19-9-6-12-25-19)14-21-20(24)11-10-17-7-4-3-5-8-17/h3-13,18H,14H2,1-2H3,(H,21,24)/b11-10+/t18-/m0/s1. The molecule has 0 fully saturated rings. The van der Waals surface area contributed by atoms with E-state index < -0.39 is 0 Å². The van der Waals surface area contributed by atoms with Crippen LogP contribution in [0.25, 0.3) is 6.08 Å². The molecule has 0 aliphatic rings. The smallest absolute Gasteiger partial charge is 0.244 e. The normalized spacial score (nSPS) is 12.4. The van der Waals surface area contributed by atoms with Gasteiger partial charge in [0, 0.05) is 18.3 Å². The number of hydrogen-bond donors (Lipinski definition) is 1. The van der Waals surface area contributed by atoms with Crippen LogP contribution in [0.4, 0.5) is 0 Å². The van der Waals surface area contributed by atoms with Crippen molar-refractivity contribution in [1.82, 2.24) is 15.1 Å². The number of carbonyl (C=O) groups excluding carboxylic acids is 1. The van der Waals surface area contributed by atoms with Crippen molar-refractivity contribution in [3.05, 3.63) is 83.6 Å². The minimum atomic E-state index is -0.183. The maximum atomic E-state index is 12.2. The van der Waals surface area contributed by atoms with Crippen LogP contribution in [0, 0.1) is 13.8 Å². The molecule has 0 unspecified atom stereocenters. The fourth-order valence-electron chi connectivity index (χ4n) is 2.74. The molecule has 0 bridgehead atoms. The van der Waals surface area contributed by atoms with Gasteiger partial charge in [0.25, 0.3) is 0 Å². The summed E-state index contributed by atoms with van der Waals surface area (Å²) in [7, 11) is 0. The highest BCUT2D eigenvalue weighted by Gasteiger charge is 2.20. The monoisotopic (exact) mass is 335 g/mol. The number of aromatic nitrogens is 2. The zero-order chi connectivity index (χ0) is 17.6. The minimum Gasteiger partial charge on any atom is -0.467 e. The molecule has 0 saturated heterocycles. The molecule has 1 amide bonds. The molecule has 128 valence electrons. The van der Waals surface area contributed by atoms with Gasteiger partial charge in [-0.15, -0.1) is 0 Å². The number of nitrogens with one attached hydrogen (secondary N) is 1. The first-order chi connectivity index (χ1) is 12.1. The molecule has 1 aromatic carbocycles. The molecular weight excluding hydrogens is 314 g/mol. The van der Waals surface area contributed by atoms with Crippen LogP contribution in [0.15, 0.2) is 65.3 Å². The molecule has 1 N–H and O–H groups in total. The zero-order valence-corrected chi connectivity index (χ0v) is 14.3. The lowest BCUT2D eigenvalue weighted by atomic mass is 10.2. The van der Waals surface area contributed by atoms with Gasteiger partial charge in [-0.25, -0.2) is 0 Å². The van der Waals surface area contributed by atoms with Gasteiger partial charge in [0.05, 0.1) is 12.0 Å². The third-order valence-corrected chi connectivity index (χ3v) is 3.91. The second-order valence-corrected chi connectivity index (χ2v) is 5.89. The molecule has 5 nitrogen and oxygen atoms in total. The summed E-state index contributed by atoms with van der Waals surface area (Å²) in [5.41, 5.74) is 2.94. The average Bonchev–Trinajstić information content (AvgIpc) is 3.25. The molecular formula is C20H21N3O2. The quantitative estimate of drug-likeness (QED) is 0.701. The van der Waals surface area contributed by atoms with E-state index in [2.05, 4.69) is 10.4 Å². The Bertz CT molecular complexity index is 848. The highest BCUT2D eigenvalue weighted by Crippen LogP contribution is 2.20. The van der Waals surface area contributed by atoms with Gasteiger partial charge < -0.3 is 9.73 Å². The highest BCUT2D eigenvalue weighted by molar-refractivity contribution is 5.91. The summed E-state index contributed by atoms with van der Waals surface area (Å²) in [5, 5.41) is 7.46. The van der Waals surface area contributed by atoms with Crippen molar-refractivity contribution in [2.45, 2.75) is 19.9 Å². The molecule has 2 heterocycles. The molecule has 0 aliphatic carbocycles. The first-order valence-electron chi connectivity index (χ1n) is 8.20. The Kier molecular flexibility index (Phi) is 5.14. The summed E-state index contributed by atoms with van der Waals surface area (Å²) >= 11 is 0. The fourth-order valence-corrected chi connectivity index (χ4v) is 2.74. The molecule has 25 heavy (non-hydrogen) atoms. The van der Waals surface area contributed by atoms with Gasteiger partial charge in [-0.1, -0.05) is 30.3 Å². The van der Waals surface area contributed by atoms with Gasteiger partial charge in [0.15, 0.2) is 0 Å². The first kappa shape index (κ1) is 16.8. The van der Waals surface area contributed by atoms with Crippen molar-refractivity contribution in [1.29, 1.82) is 0 Å². The van der Waals surface area contributed by atoms with Crippen LogP contribution < -0.4 is 5.32 Å². The molecule has 1 atom stereocenters. The molecule has 2 aromatic heterocycles. The number of benzene rings is 1. The molecule has 3 rings (SSSR count). The van der Waals surface area contributed by atoms with E-state index >= 15 is 0 Å².